The number of amidine groups is 1. The van der Waals surface area contributed by atoms with Gasteiger partial charge >= 0.3 is 18.0 Å². The van der Waals surface area contributed by atoms with Crippen LogP contribution in [0.4, 0.5) is 14.9 Å². The Morgan fingerprint density at radius 3 is 2.70 bits per heavy atom. The van der Waals surface area contributed by atoms with Crippen molar-refractivity contribution in [3.05, 3.63) is 97.8 Å². The summed E-state index contributed by atoms with van der Waals surface area (Å²) < 4.78 is 20.1. The molecule has 2 fully saturated rings. The van der Waals surface area contributed by atoms with E-state index in [2.05, 4.69) is 31.1 Å². The molecule has 14 heteroatoms. The Balaban J connectivity index is 1.26. The monoisotopic (exact) mass is 708 g/mol. The Morgan fingerprint density at radius 1 is 1.20 bits per heavy atom. The molecule has 3 aliphatic heterocycles. The summed E-state index contributed by atoms with van der Waals surface area (Å²) in [4.78, 5) is 52.9. The molecule has 238 valence electrons. The van der Waals surface area contributed by atoms with Crippen LogP contribution in [0.2, 0.25) is 0 Å². The average Bonchev–Trinajstić information content (AvgIpc) is 3.69. The van der Waals surface area contributed by atoms with E-state index in [1.165, 1.54) is 29.5 Å². The standard InChI is InChI=1S/C32H30BrFN6O5S/c1-2-45-31(43)27-25(36-29(30-35-11-14-46-30)37-28(27)23-9-6-20(34)15-24(23)33)18-38-12-13-39-22(16-38)17-40(32(39)44)21-7-3-19(4-8-21)5-10-26(41)42/h3-11,14-15,22,28H,2,12-13,16-18H2,1H3,(H,36,37)(H,41,42)/b10-5+/t22-,28-/m0/s1. The van der Waals surface area contributed by atoms with E-state index < -0.39 is 23.8 Å². The van der Waals surface area contributed by atoms with E-state index in [9.17, 15) is 18.8 Å². The van der Waals surface area contributed by atoms with Crippen LogP contribution >= 0.6 is 27.3 Å². The summed E-state index contributed by atoms with van der Waals surface area (Å²) in [5, 5.41) is 14.7. The minimum absolute atomic E-state index is 0.0832. The number of rotatable bonds is 9. The van der Waals surface area contributed by atoms with Gasteiger partial charge in [-0.1, -0.05) is 34.1 Å². The maximum atomic E-state index is 14.1. The number of carbonyl (C=O) groups is 3. The Hall–Kier alpha value is -4.40. The number of nitrogens with zero attached hydrogens (tertiary/aromatic N) is 5. The highest BCUT2D eigenvalue weighted by Gasteiger charge is 2.42. The van der Waals surface area contributed by atoms with Crippen molar-refractivity contribution >= 4 is 62.8 Å². The van der Waals surface area contributed by atoms with Crippen LogP contribution in [0.25, 0.3) is 6.08 Å². The third-order valence-corrected chi connectivity index (χ3v) is 9.42. The number of piperazine rings is 1. The van der Waals surface area contributed by atoms with Gasteiger partial charge in [0, 0.05) is 66.2 Å². The number of fused-ring (bicyclic) bond motifs is 1. The van der Waals surface area contributed by atoms with Crippen molar-refractivity contribution in [2.24, 2.45) is 4.99 Å². The lowest BCUT2D eigenvalue weighted by molar-refractivity contribution is -0.139. The van der Waals surface area contributed by atoms with Gasteiger partial charge in [-0.3, -0.25) is 14.8 Å². The van der Waals surface area contributed by atoms with Crippen molar-refractivity contribution < 1.29 is 28.6 Å². The molecule has 3 aromatic rings. The van der Waals surface area contributed by atoms with Gasteiger partial charge in [-0.2, -0.15) is 0 Å². The van der Waals surface area contributed by atoms with Crippen LogP contribution in [0.5, 0.6) is 0 Å². The Bertz CT molecular complexity index is 1750. The van der Waals surface area contributed by atoms with Crippen LogP contribution < -0.4 is 10.2 Å². The lowest BCUT2D eigenvalue weighted by atomic mass is 9.95. The van der Waals surface area contributed by atoms with Gasteiger partial charge in [0.15, 0.2) is 10.8 Å². The molecule has 0 saturated carbocycles. The van der Waals surface area contributed by atoms with Crippen LogP contribution in [0, 0.1) is 5.82 Å². The zero-order valence-corrected chi connectivity index (χ0v) is 27.1. The maximum Gasteiger partial charge on any atom is 0.338 e. The summed E-state index contributed by atoms with van der Waals surface area (Å²) >= 11 is 4.88. The molecule has 0 aliphatic carbocycles. The van der Waals surface area contributed by atoms with E-state index >= 15 is 0 Å². The number of benzene rings is 2. The van der Waals surface area contributed by atoms with Crippen LogP contribution in [-0.4, -0.2) is 89.1 Å². The molecule has 2 N–H and O–H groups in total. The minimum atomic E-state index is -1.03. The number of nitrogens with one attached hydrogen (secondary N) is 1. The maximum absolute atomic E-state index is 14.1. The summed E-state index contributed by atoms with van der Waals surface area (Å²) in [7, 11) is 0. The van der Waals surface area contributed by atoms with E-state index in [1.54, 1.807) is 36.2 Å². The molecule has 1 aromatic heterocycles. The normalized spacial score (nSPS) is 20.2. The van der Waals surface area contributed by atoms with E-state index in [1.807, 2.05) is 22.4 Å². The van der Waals surface area contributed by atoms with E-state index in [-0.39, 0.29) is 18.7 Å². The van der Waals surface area contributed by atoms with Gasteiger partial charge < -0.3 is 20.1 Å². The topological polar surface area (TPSA) is 128 Å². The van der Waals surface area contributed by atoms with E-state index in [0.29, 0.717) is 64.9 Å². The number of thiazole rings is 1. The second kappa shape index (κ2) is 13.5. The Morgan fingerprint density at radius 2 is 2.00 bits per heavy atom. The number of ether oxygens (including phenoxy) is 1. The van der Waals surface area contributed by atoms with Crippen molar-refractivity contribution in [2.45, 2.75) is 19.0 Å². The molecule has 0 spiro atoms. The summed E-state index contributed by atoms with van der Waals surface area (Å²) in [5.41, 5.74) is 3.01. The van der Waals surface area contributed by atoms with Gasteiger partial charge in [0.25, 0.3) is 0 Å². The van der Waals surface area contributed by atoms with E-state index in [0.717, 1.165) is 17.3 Å². The number of esters is 1. The number of amides is 2. The molecule has 4 heterocycles. The lowest BCUT2D eigenvalue weighted by Gasteiger charge is -2.38. The number of aliphatic carboxylic acids is 1. The van der Waals surface area contributed by atoms with Crippen molar-refractivity contribution in [2.75, 3.05) is 44.2 Å². The van der Waals surface area contributed by atoms with E-state index in [4.69, 9.17) is 14.8 Å². The SMILES string of the molecule is CCOC(=O)C1=C(CN2CCN3C(=O)N(c4ccc(/C=C/C(=O)O)cc4)C[C@@H]3C2)NC(c2nccs2)=N[C@H]1c1ccc(F)cc1Br. The fourth-order valence-electron chi connectivity index (χ4n) is 5.85. The van der Waals surface area contributed by atoms with Gasteiger partial charge in [0.05, 0.1) is 18.2 Å². The summed E-state index contributed by atoms with van der Waals surface area (Å²) in [6.07, 6.45) is 4.25. The first-order valence-electron chi connectivity index (χ1n) is 14.6. The number of aliphatic imine (C=N–C) groups is 1. The van der Waals surface area contributed by atoms with Gasteiger partial charge in [-0.25, -0.2) is 23.8 Å². The molecule has 2 atom stereocenters. The first kappa shape index (κ1) is 31.6. The molecular formula is C32H30BrFN6O5S. The summed E-state index contributed by atoms with van der Waals surface area (Å²) in [5.74, 6) is -1.46. The molecule has 3 aliphatic rings. The molecule has 6 rings (SSSR count). The molecule has 0 bridgehead atoms. The average molecular weight is 710 g/mol. The van der Waals surface area contributed by atoms with Crippen LogP contribution in [-0.2, 0) is 14.3 Å². The van der Waals surface area contributed by atoms with Crippen LogP contribution in [0.15, 0.2) is 80.9 Å². The molecule has 2 amide bonds. The van der Waals surface area contributed by atoms with Gasteiger partial charge in [-0.15, -0.1) is 11.3 Å². The zero-order valence-electron chi connectivity index (χ0n) is 24.7. The van der Waals surface area contributed by atoms with Crippen LogP contribution in [0.1, 0.15) is 29.1 Å². The highest BCUT2D eigenvalue weighted by atomic mass is 79.9. The van der Waals surface area contributed by atoms with Gasteiger partial charge in [-0.05, 0) is 48.4 Å². The predicted octanol–water partition coefficient (Wildman–Crippen LogP) is 4.68. The van der Waals surface area contributed by atoms with Crippen molar-refractivity contribution in [3.8, 4) is 0 Å². The van der Waals surface area contributed by atoms with Crippen LogP contribution in [0.3, 0.4) is 0 Å². The van der Waals surface area contributed by atoms with Gasteiger partial charge in [0.1, 0.15) is 11.9 Å². The smallest absolute Gasteiger partial charge is 0.338 e. The molecule has 0 unspecified atom stereocenters. The second-order valence-corrected chi connectivity index (χ2v) is 12.6. The first-order valence-corrected chi connectivity index (χ1v) is 16.3. The quantitative estimate of drug-likeness (QED) is 0.243. The number of halogens is 2. The molecule has 2 aromatic carbocycles. The number of carboxylic acid groups (broad SMARTS) is 1. The highest BCUT2D eigenvalue weighted by molar-refractivity contribution is 9.10. The van der Waals surface area contributed by atoms with Crippen molar-refractivity contribution in [1.29, 1.82) is 0 Å². The number of aromatic nitrogens is 1. The third-order valence-electron chi connectivity index (χ3n) is 7.95. The summed E-state index contributed by atoms with van der Waals surface area (Å²) in [6.45, 7) is 4.39. The zero-order chi connectivity index (χ0) is 32.4. The number of anilines is 1. The fraction of sp³-hybridized carbons (Fsp3) is 0.281. The summed E-state index contributed by atoms with van der Waals surface area (Å²) in [6, 6.07) is 10.5. The Kier molecular flexibility index (Phi) is 9.29. The minimum Gasteiger partial charge on any atom is -0.478 e. The largest absolute Gasteiger partial charge is 0.478 e. The molecular weight excluding hydrogens is 679 g/mol. The fourth-order valence-corrected chi connectivity index (χ4v) is 7.01. The Labute approximate surface area is 276 Å². The predicted molar refractivity (Wildman–Crippen MR) is 175 cm³/mol. The van der Waals surface area contributed by atoms with Crippen molar-refractivity contribution in [1.82, 2.24) is 20.1 Å². The third kappa shape index (κ3) is 6.59. The first-order chi connectivity index (χ1) is 22.2. The van der Waals surface area contributed by atoms with Gasteiger partial charge in [0.2, 0.25) is 0 Å². The molecule has 2 saturated heterocycles. The number of hydrogen-bond acceptors (Lipinski definition) is 9. The second-order valence-electron chi connectivity index (χ2n) is 10.9. The number of urea groups is 1. The number of carbonyl (C=O) groups excluding carboxylic acids is 2. The number of carboxylic acids is 1. The lowest BCUT2D eigenvalue weighted by Crippen LogP contribution is -2.53. The van der Waals surface area contributed by atoms with Crippen molar-refractivity contribution in [3.63, 3.8) is 0 Å². The molecule has 11 nitrogen and oxygen atoms in total. The molecule has 46 heavy (non-hydrogen) atoms. The number of hydrogen-bond donors (Lipinski definition) is 2. The highest BCUT2D eigenvalue weighted by Crippen LogP contribution is 2.37. The molecule has 0 radical (unpaired) electrons.